The molecule has 2 N–H and O–H groups in total. The van der Waals surface area contributed by atoms with Crippen molar-refractivity contribution in [3.05, 3.63) is 29.8 Å². The number of fused-ring (bicyclic) bond motifs is 1. The minimum absolute atomic E-state index is 0.0435. The summed E-state index contributed by atoms with van der Waals surface area (Å²) in [5.74, 6) is 0.0340. The topological polar surface area (TPSA) is 70.7 Å². The molecule has 1 saturated carbocycles. The number of carbonyl (C=O) groups is 2. The van der Waals surface area contributed by atoms with E-state index in [1.165, 1.54) is 6.42 Å². The van der Waals surface area contributed by atoms with E-state index in [9.17, 15) is 9.59 Å². The fourth-order valence-electron chi connectivity index (χ4n) is 4.65. The molecule has 2 amide bonds. The number of amides is 2. The van der Waals surface area contributed by atoms with Crippen molar-refractivity contribution >= 4 is 17.5 Å². The lowest BCUT2D eigenvalue weighted by atomic mass is 9.78. The number of nitrogens with zero attached hydrogens (tertiary/aromatic N) is 1. The Balaban J connectivity index is 1.58. The zero-order valence-electron chi connectivity index (χ0n) is 15.1. The third kappa shape index (κ3) is 3.23. The molecule has 1 saturated heterocycles. The van der Waals surface area contributed by atoms with Gasteiger partial charge in [-0.3, -0.25) is 14.5 Å². The highest BCUT2D eigenvalue weighted by Gasteiger charge is 2.46. The second kappa shape index (κ2) is 7.37. The summed E-state index contributed by atoms with van der Waals surface area (Å²) < 4.78 is 5.50. The Bertz CT molecular complexity index is 679. The van der Waals surface area contributed by atoms with Gasteiger partial charge in [0.1, 0.15) is 5.54 Å². The molecule has 26 heavy (non-hydrogen) atoms. The van der Waals surface area contributed by atoms with Crippen LogP contribution >= 0.6 is 0 Å². The van der Waals surface area contributed by atoms with E-state index in [-0.39, 0.29) is 17.9 Å². The van der Waals surface area contributed by atoms with Crippen molar-refractivity contribution in [3.63, 3.8) is 0 Å². The Morgan fingerprint density at radius 1 is 1.15 bits per heavy atom. The van der Waals surface area contributed by atoms with Crippen LogP contribution in [0, 0.1) is 0 Å². The van der Waals surface area contributed by atoms with Gasteiger partial charge in [-0.2, -0.15) is 0 Å². The average molecular weight is 357 g/mol. The first kappa shape index (κ1) is 17.5. The number of hydrogen-bond donors (Lipinski definition) is 2. The zero-order chi connectivity index (χ0) is 18.0. The Hall–Kier alpha value is -1.92. The van der Waals surface area contributed by atoms with Gasteiger partial charge < -0.3 is 15.4 Å². The zero-order valence-corrected chi connectivity index (χ0v) is 15.1. The van der Waals surface area contributed by atoms with Crippen LogP contribution in [0.3, 0.4) is 0 Å². The maximum absolute atomic E-state index is 13.5. The molecule has 0 bridgehead atoms. The smallest absolute Gasteiger partial charge is 0.241 e. The molecule has 1 aromatic carbocycles. The molecule has 0 spiro atoms. The van der Waals surface area contributed by atoms with Gasteiger partial charge in [0.05, 0.1) is 25.7 Å². The molecular weight excluding hydrogens is 330 g/mol. The lowest BCUT2D eigenvalue weighted by Gasteiger charge is -2.47. The van der Waals surface area contributed by atoms with Crippen LogP contribution in [0.2, 0.25) is 0 Å². The number of benzene rings is 1. The minimum atomic E-state index is -0.453. The summed E-state index contributed by atoms with van der Waals surface area (Å²) in [5.41, 5.74) is 1.34. The molecule has 2 heterocycles. The minimum Gasteiger partial charge on any atom is -0.379 e. The fourth-order valence-corrected chi connectivity index (χ4v) is 4.65. The SMILES string of the molecule is O=C1C[C@H](NC(=O)C2(N3CCOCC3)CCCCC2)c2ccccc2N1. The second-order valence-corrected chi connectivity index (χ2v) is 7.56. The molecule has 140 valence electrons. The van der Waals surface area contributed by atoms with Crippen molar-refractivity contribution in [1.82, 2.24) is 10.2 Å². The normalized spacial score (nSPS) is 25.8. The second-order valence-electron chi connectivity index (χ2n) is 7.56. The molecule has 2 aliphatic heterocycles. The van der Waals surface area contributed by atoms with Gasteiger partial charge in [0.15, 0.2) is 0 Å². The number of ether oxygens (including phenoxy) is 1. The highest BCUT2D eigenvalue weighted by Crippen LogP contribution is 2.37. The van der Waals surface area contributed by atoms with Gasteiger partial charge in [-0.1, -0.05) is 37.5 Å². The predicted octanol–water partition coefficient (Wildman–Crippen LogP) is 2.22. The molecule has 1 aromatic rings. The van der Waals surface area contributed by atoms with Gasteiger partial charge in [0.25, 0.3) is 0 Å². The molecular formula is C20H27N3O3. The van der Waals surface area contributed by atoms with Crippen LogP contribution in [-0.4, -0.2) is 48.6 Å². The highest BCUT2D eigenvalue weighted by atomic mass is 16.5. The van der Waals surface area contributed by atoms with Crippen molar-refractivity contribution in [1.29, 1.82) is 0 Å². The van der Waals surface area contributed by atoms with Crippen molar-refractivity contribution in [2.75, 3.05) is 31.6 Å². The van der Waals surface area contributed by atoms with E-state index in [0.717, 1.165) is 50.0 Å². The lowest BCUT2D eigenvalue weighted by Crippen LogP contribution is -2.62. The van der Waals surface area contributed by atoms with Crippen LogP contribution in [0.1, 0.15) is 50.1 Å². The summed E-state index contributed by atoms with van der Waals surface area (Å²) in [7, 11) is 0. The van der Waals surface area contributed by atoms with E-state index >= 15 is 0 Å². The summed E-state index contributed by atoms with van der Waals surface area (Å²) >= 11 is 0. The number of anilines is 1. The molecule has 2 fully saturated rings. The maximum Gasteiger partial charge on any atom is 0.241 e. The molecule has 0 unspecified atom stereocenters. The van der Waals surface area contributed by atoms with Gasteiger partial charge in [-0.15, -0.1) is 0 Å². The number of morpholine rings is 1. The van der Waals surface area contributed by atoms with E-state index in [0.29, 0.717) is 19.6 Å². The number of hydrogen-bond acceptors (Lipinski definition) is 4. The van der Waals surface area contributed by atoms with Gasteiger partial charge >= 0.3 is 0 Å². The molecule has 0 aromatic heterocycles. The van der Waals surface area contributed by atoms with Crippen molar-refractivity contribution < 1.29 is 14.3 Å². The van der Waals surface area contributed by atoms with Crippen LogP contribution in [0.15, 0.2) is 24.3 Å². The summed E-state index contributed by atoms with van der Waals surface area (Å²) in [6, 6.07) is 7.48. The van der Waals surface area contributed by atoms with Crippen molar-refractivity contribution in [2.45, 2.75) is 50.1 Å². The Morgan fingerprint density at radius 2 is 1.88 bits per heavy atom. The highest BCUT2D eigenvalue weighted by molar-refractivity contribution is 5.96. The Morgan fingerprint density at radius 3 is 2.65 bits per heavy atom. The predicted molar refractivity (Wildman–Crippen MR) is 98.8 cm³/mol. The van der Waals surface area contributed by atoms with Crippen LogP contribution in [-0.2, 0) is 14.3 Å². The van der Waals surface area contributed by atoms with Gasteiger partial charge in [0, 0.05) is 18.8 Å². The first-order valence-corrected chi connectivity index (χ1v) is 9.72. The van der Waals surface area contributed by atoms with E-state index in [1.54, 1.807) is 0 Å². The quantitative estimate of drug-likeness (QED) is 0.870. The average Bonchev–Trinajstić information content (AvgIpc) is 2.69. The van der Waals surface area contributed by atoms with E-state index in [1.807, 2.05) is 24.3 Å². The first-order valence-electron chi connectivity index (χ1n) is 9.72. The number of para-hydroxylation sites is 1. The van der Waals surface area contributed by atoms with E-state index in [4.69, 9.17) is 4.74 Å². The number of carbonyl (C=O) groups excluding carboxylic acids is 2. The standard InChI is InChI=1S/C20H27N3O3/c24-18-14-17(15-6-2-3-7-16(15)21-18)22-19(25)20(8-4-1-5-9-20)23-10-12-26-13-11-23/h2-3,6-7,17H,1,4-5,8-14H2,(H,21,24)(H,22,25)/t17-/m0/s1. The molecule has 1 aliphatic carbocycles. The molecule has 0 radical (unpaired) electrons. The van der Waals surface area contributed by atoms with Gasteiger partial charge in [0.2, 0.25) is 11.8 Å². The third-order valence-corrected chi connectivity index (χ3v) is 6.02. The molecule has 6 heteroatoms. The lowest BCUT2D eigenvalue weighted by molar-refractivity contribution is -0.141. The van der Waals surface area contributed by atoms with Crippen LogP contribution < -0.4 is 10.6 Å². The molecule has 6 nitrogen and oxygen atoms in total. The largest absolute Gasteiger partial charge is 0.379 e. The Kier molecular flexibility index (Phi) is 4.96. The van der Waals surface area contributed by atoms with Crippen LogP contribution in [0.5, 0.6) is 0 Å². The van der Waals surface area contributed by atoms with Crippen LogP contribution in [0.4, 0.5) is 5.69 Å². The van der Waals surface area contributed by atoms with E-state index < -0.39 is 5.54 Å². The molecule has 1 atom stereocenters. The van der Waals surface area contributed by atoms with Gasteiger partial charge in [-0.05, 0) is 24.5 Å². The fraction of sp³-hybridized carbons (Fsp3) is 0.600. The summed E-state index contributed by atoms with van der Waals surface area (Å²) in [6.45, 7) is 2.97. The molecule has 4 rings (SSSR count). The number of rotatable bonds is 3. The summed E-state index contributed by atoms with van der Waals surface area (Å²) in [4.78, 5) is 27.9. The third-order valence-electron chi connectivity index (χ3n) is 6.02. The Labute approximate surface area is 154 Å². The summed E-state index contributed by atoms with van der Waals surface area (Å²) in [6.07, 6.45) is 5.41. The van der Waals surface area contributed by atoms with Crippen molar-refractivity contribution in [2.24, 2.45) is 0 Å². The number of nitrogens with one attached hydrogen (secondary N) is 2. The monoisotopic (exact) mass is 357 g/mol. The van der Waals surface area contributed by atoms with Crippen molar-refractivity contribution in [3.8, 4) is 0 Å². The molecule has 3 aliphatic rings. The maximum atomic E-state index is 13.5. The first-order chi connectivity index (χ1) is 12.7. The van der Waals surface area contributed by atoms with E-state index in [2.05, 4.69) is 15.5 Å². The van der Waals surface area contributed by atoms with Gasteiger partial charge in [-0.25, -0.2) is 0 Å². The summed E-state index contributed by atoms with van der Waals surface area (Å²) in [5, 5.41) is 6.13. The van der Waals surface area contributed by atoms with Crippen LogP contribution in [0.25, 0.3) is 0 Å².